The molecule has 0 radical (unpaired) electrons. The van der Waals surface area contributed by atoms with Crippen molar-refractivity contribution in [2.75, 3.05) is 18.4 Å². The van der Waals surface area contributed by atoms with Gasteiger partial charge in [0, 0.05) is 36.8 Å². The number of carbonyl (C=O) groups excluding carboxylic acids is 1. The quantitative estimate of drug-likeness (QED) is 0.611. The molecule has 2 unspecified atom stereocenters. The number of oxazole rings is 1. The SMILES string of the molecule is Cc1nc(-c2ccc(NC(=O)c3ccc(S(=O)(=O)N4CC(C)CC(C)C4)cc3)cc2)co1. The number of sulfonamides is 1. The van der Waals surface area contributed by atoms with E-state index in [1.54, 1.807) is 41.8 Å². The molecule has 2 heterocycles. The molecule has 0 bridgehead atoms. The van der Waals surface area contributed by atoms with Crippen LogP contribution in [0.2, 0.25) is 0 Å². The second-order valence-corrected chi connectivity index (χ2v) is 10.5. The maximum absolute atomic E-state index is 13.0. The minimum atomic E-state index is -3.57. The molecule has 1 N–H and O–H groups in total. The summed E-state index contributed by atoms with van der Waals surface area (Å²) in [5, 5.41) is 2.83. The Hall–Kier alpha value is -2.97. The molecule has 4 rings (SSSR count). The molecule has 1 aromatic heterocycles. The summed E-state index contributed by atoms with van der Waals surface area (Å²) in [4.78, 5) is 17.1. The number of hydrogen-bond donors (Lipinski definition) is 1. The van der Waals surface area contributed by atoms with Crippen LogP contribution in [0.3, 0.4) is 0 Å². The van der Waals surface area contributed by atoms with E-state index < -0.39 is 10.0 Å². The number of nitrogens with one attached hydrogen (secondary N) is 1. The van der Waals surface area contributed by atoms with Gasteiger partial charge in [-0.05, 0) is 54.7 Å². The van der Waals surface area contributed by atoms with Gasteiger partial charge in [0.1, 0.15) is 12.0 Å². The Kier molecular flexibility index (Phi) is 6.17. The van der Waals surface area contributed by atoms with Crippen LogP contribution in [0.4, 0.5) is 5.69 Å². The van der Waals surface area contributed by atoms with Crippen LogP contribution in [-0.4, -0.2) is 36.7 Å². The number of aromatic nitrogens is 1. The number of piperidine rings is 1. The van der Waals surface area contributed by atoms with E-state index in [0.29, 0.717) is 42.1 Å². The minimum absolute atomic E-state index is 0.211. The number of amides is 1. The lowest BCUT2D eigenvalue weighted by molar-refractivity contribution is 0.102. The van der Waals surface area contributed by atoms with Crippen molar-refractivity contribution in [2.24, 2.45) is 11.8 Å². The van der Waals surface area contributed by atoms with Crippen molar-refractivity contribution in [1.29, 1.82) is 0 Å². The summed E-state index contributed by atoms with van der Waals surface area (Å²) in [6.07, 6.45) is 2.62. The van der Waals surface area contributed by atoms with Gasteiger partial charge in [-0.15, -0.1) is 0 Å². The number of aryl methyl sites for hydroxylation is 1. The number of anilines is 1. The molecule has 2 aromatic carbocycles. The van der Waals surface area contributed by atoms with Crippen molar-refractivity contribution in [1.82, 2.24) is 9.29 Å². The summed E-state index contributed by atoms with van der Waals surface area (Å²) in [5.74, 6) is 0.947. The predicted octanol–water partition coefficient (Wildman–Crippen LogP) is 4.57. The average Bonchev–Trinajstić information content (AvgIpc) is 3.20. The third-order valence-electron chi connectivity index (χ3n) is 5.65. The monoisotopic (exact) mass is 453 g/mol. The van der Waals surface area contributed by atoms with E-state index in [2.05, 4.69) is 24.1 Å². The fraction of sp³-hybridized carbons (Fsp3) is 0.333. The maximum atomic E-state index is 13.0. The smallest absolute Gasteiger partial charge is 0.255 e. The first kappa shape index (κ1) is 22.2. The van der Waals surface area contributed by atoms with Crippen molar-refractivity contribution in [3.8, 4) is 11.3 Å². The largest absolute Gasteiger partial charge is 0.449 e. The van der Waals surface area contributed by atoms with Crippen LogP contribution in [0, 0.1) is 18.8 Å². The van der Waals surface area contributed by atoms with E-state index in [-0.39, 0.29) is 10.8 Å². The molecule has 1 aliphatic rings. The van der Waals surface area contributed by atoms with Crippen LogP contribution in [0.1, 0.15) is 36.5 Å². The Balaban J connectivity index is 1.44. The number of carbonyl (C=O) groups is 1. The molecule has 0 spiro atoms. The molecule has 1 aliphatic heterocycles. The highest BCUT2D eigenvalue weighted by molar-refractivity contribution is 7.89. The molecule has 0 saturated carbocycles. The molecule has 0 aliphatic carbocycles. The second kappa shape index (κ2) is 8.88. The topological polar surface area (TPSA) is 92.5 Å². The Labute approximate surface area is 188 Å². The molecule has 7 nitrogen and oxygen atoms in total. The molecular weight excluding hydrogens is 426 g/mol. The molecular formula is C24H27N3O4S. The lowest BCUT2D eigenvalue weighted by Gasteiger charge is -2.34. The first-order chi connectivity index (χ1) is 15.2. The van der Waals surface area contributed by atoms with Crippen LogP contribution in [0.25, 0.3) is 11.3 Å². The van der Waals surface area contributed by atoms with Crippen LogP contribution in [-0.2, 0) is 10.0 Å². The molecule has 3 aromatic rings. The maximum Gasteiger partial charge on any atom is 0.255 e. The molecule has 2 atom stereocenters. The highest BCUT2D eigenvalue weighted by atomic mass is 32.2. The second-order valence-electron chi connectivity index (χ2n) is 8.58. The molecule has 8 heteroatoms. The highest BCUT2D eigenvalue weighted by Crippen LogP contribution is 2.27. The zero-order chi connectivity index (χ0) is 22.9. The van der Waals surface area contributed by atoms with E-state index in [0.717, 1.165) is 17.7 Å². The van der Waals surface area contributed by atoms with Crippen LogP contribution in [0.15, 0.2) is 64.1 Å². The fourth-order valence-electron chi connectivity index (χ4n) is 4.15. The van der Waals surface area contributed by atoms with Gasteiger partial charge in [0.15, 0.2) is 5.89 Å². The molecule has 1 saturated heterocycles. The summed E-state index contributed by atoms with van der Waals surface area (Å²) >= 11 is 0. The minimum Gasteiger partial charge on any atom is -0.449 e. The fourth-order valence-corrected chi connectivity index (χ4v) is 5.83. The lowest BCUT2D eigenvalue weighted by atomic mass is 9.94. The lowest BCUT2D eigenvalue weighted by Crippen LogP contribution is -2.42. The van der Waals surface area contributed by atoms with E-state index in [4.69, 9.17) is 4.42 Å². The van der Waals surface area contributed by atoms with Crippen molar-refractivity contribution in [2.45, 2.75) is 32.1 Å². The van der Waals surface area contributed by atoms with Gasteiger partial charge in [-0.25, -0.2) is 13.4 Å². The van der Waals surface area contributed by atoms with Gasteiger partial charge in [0.25, 0.3) is 5.91 Å². The zero-order valence-electron chi connectivity index (χ0n) is 18.4. The number of benzene rings is 2. The van der Waals surface area contributed by atoms with Gasteiger partial charge in [-0.1, -0.05) is 26.0 Å². The van der Waals surface area contributed by atoms with E-state index in [9.17, 15) is 13.2 Å². The standard InChI is InChI=1S/C24H27N3O4S/c1-16-12-17(2)14-27(13-16)32(29,30)22-10-6-20(7-11-22)24(28)26-21-8-4-19(5-9-21)23-15-31-18(3)25-23/h4-11,15-17H,12-14H2,1-3H3,(H,26,28). The third kappa shape index (κ3) is 4.76. The molecule has 32 heavy (non-hydrogen) atoms. The van der Waals surface area contributed by atoms with Gasteiger partial charge in [0.05, 0.1) is 4.90 Å². The van der Waals surface area contributed by atoms with Crippen molar-refractivity contribution >= 4 is 21.6 Å². The Morgan fingerprint density at radius 2 is 1.66 bits per heavy atom. The van der Waals surface area contributed by atoms with E-state index in [1.807, 2.05) is 12.1 Å². The van der Waals surface area contributed by atoms with Crippen molar-refractivity contribution in [3.63, 3.8) is 0 Å². The Morgan fingerprint density at radius 3 is 2.22 bits per heavy atom. The van der Waals surface area contributed by atoms with Crippen molar-refractivity contribution < 1.29 is 17.6 Å². The number of nitrogens with zero attached hydrogens (tertiary/aromatic N) is 2. The van der Waals surface area contributed by atoms with Crippen LogP contribution >= 0.6 is 0 Å². The van der Waals surface area contributed by atoms with E-state index in [1.165, 1.54) is 12.1 Å². The Morgan fingerprint density at radius 1 is 1.03 bits per heavy atom. The molecule has 1 fully saturated rings. The summed E-state index contributed by atoms with van der Waals surface area (Å²) in [5.41, 5.74) is 2.64. The van der Waals surface area contributed by atoms with Gasteiger partial charge >= 0.3 is 0 Å². The van der Waals surface area contributed by atoms with Gasteiger partial charge < -0.3 is 9.73 Å². The summed E-state index contributed by atoms with van der Waals surface area (Å²) < 4.78 is 32.8. The number of rotatable bonds is 5. The first-order valence-corrected chi connectivity index (χ1v) is 12.1. The van der Waals surface area contributed by atoms with Gasteiger partial charge in [0.2, 0.25) is 10.0 Å². The van der Waals surface area contributed by atoms with Gasteiger partial charge in [-0.2, -0.15) is 4.31 Å². The van der Waals surface area contributed by atoms with Crippen molar-refractivity contribution in [3.05, 3.63) is 66.2 Å². The van der Waals surface area contributed by atoms with Gasteiger partial charge in [-0.3, -0.25) is 4.79 Å². The molecule has 1 amide bonds. The average molecular weight is 454 g/mol. The first-order valence-electron chi connectivity index (χ1n) is 10.7. The van der Waals surface area contributed by atoms with Crippen LogP contribution in [0.5, 0.6) is 0 Å². The third-order valence-corrected chi connectivity index (χ3v) is 7.49. The normalized spacial score (nSPS) is 19.6. The number of hydrogen-bond acceptors (Lipinski definition) is 5. The summed E-state index contributed by atoms with van der Waals surface area (Å²) in [6, 6.07) is 13.4. The Bertz CT molecular complexity index is 1190. The highest BCUT2D eigenvalue weighted by Gasteiger charge is 2.31. The zero-order valence-corrected chi connectivity index (χ0v) is 19.2. The van der Waals surface area contributed by atoms with Crippen LogP contribution < -0.4 is 5.32 Å². The van der Waals surface area contributed by atoms with E-state index >= 15 is 0 Å². The molecule has 168 valence electrons. The summed E-state index contributed by atoms with van der Waals surface area (Å²) in [6.45, 7) is 6.98. The summed E-state index contributed by atoms with van der Waals surface area (Å²) in [7, 11) is -3.57. The predicted molar refractivity (Wildman–Crippen MR) is 123 cm³/mol.